The minimum atomic E-state index is -0.0605. The Morgan fingerprint density at radius 3 is 2.73 bits per heavy atom. The second-order valence-electron chi connectivity index (χ2n) is 5.73. The van der Waals surface area contributed by atoms with Crippen LogP contribution >= 0.6 is 11.8 Å². The lowest BCUT2D eigenvalue weighted by Gasteiger charge is -2.10. The standard InChI is InChI=1S/C20H20N4OS/c1-3-12-21-18(25)14-26-20-23-22-19(16-9-7-8-15(2)13-16)24(20)17-10-5-4-6-11-17/h3-11,13H,1,12,14H2,2H3,(H,21,25). The molecule has 6 heteroatoms. The first-order valence-electron chi connectivity index (χ1n) is 8.27. The molecule has 0 saturated heterocycles. The van der Waals surface area contributed by atoms with E-state index in [1.807, 2.05) is 60.0 Å². The predicted octanol–water partition coefficient (Wildman–Crippen LogP) is 3.64. The number of benzene rings is 2. The van der Waals surface area contributed by atoms with E-state index in [2.05, 4.69) is 28.2 Å². The number of nitrogens with one attached hydrogen (secondary N) is 1. The first-order chi connectivity index (χ1) is 12.7. The highest BCUT2D eigenvalue weighted by atomic mass is 32.2. The van der Waals surface area contributed by atoms with Gasteiger partial charge in [0.15, 0.2) is 11.0 Å². The van der Waals surface area contributed by atoms with E-state index >= 15 is 0 Å². The molecule has 0 saturated carbocycles. The Kier molecular flexibility index (Phi) is 5.86. The average Bonchev–Trinajstić information content (AvgIpc) is 3.09. The Morgan fingerprint density at radius 1 is 1.19 bits per heavy atom. The molecule has 0 spiro atoms. The number of nitrogens with zero attached hydrogens (tertiary/aromatic N) is 3. The van der Waals surface area contributed by atoms with Crippen molar-refractivity contribution in [2.24, 2.45) is 0 Å². The molecule has 1 amide bonds. The summed E-state index contributed by atoms with van der Waals surface area (Å²) in [6.07, 6.45) is 1.66. The average molecular weight is 364 g/mol. The van der Waals surface area contributed by atoms with Crippen LogP contribution in [-0.2, 0) is 4.79 Å². The summed E-state index contributed by atoms with van der Waals surface area (Å²) in [4.78, 5) is 11.9. The second-order valence-corrected chi connectivity index (χ2v) is 6.67. The molecule has 0 bridgehead atoms. The van der Waals surface area contributed by atoms with Crippen molar-refractivity contribution in [3.05, 3.63) is 72.8 Å². The van der Waals surface area contributed by atoms with Crippen molar-refractivity contribution in [3.63, 3.8) is 0 Å². The van der Waals surface area contributed by atoms with Gasteiger partial charge >= 0.3 is 0 Å². The Labute approximate surface area is 157 Å². The SMILES string of the molecule is C=CCNC(=O)CSc1nnc(-c2cccc(C)c2)n1-c1ccccc1. The van der Waals surface area contributed by atoms with Gasteiger partial charge in [0.1, 0.15) is 0 Å². The molecule has 1 aromatic heterocycles. The second kappa shape index (κ2) is 8.49. The normalized spacial score (nSPS) is 10.5. The van der Waals surface area contributed by atoms with Crippen molar-refractivity contribution in [2.45, 2.75) is 12.1 Å². The molecule has 0 aliphatic heterocycles. The van der Waals surface area contributed by atoms with Crippen molar-refractivity contribution in [1.82, 2.24) is 20.1 Å². The molecule has 132 valence electrons. The highest BCUT2D eigenvalue weighted by Crippen LogP contribution is 2.28. The van der Waals surface area contributed by atoms with E-state index in [1.165, 1.54) is 11.8 Å². The summed E-state index contributed by atoms with van der Waals surface area (Å²) < 4.78 is 1.99. The molecule has 0 fully saturated rings. The number of hydrogen-bond acceptors (Lipinski definition) is 4. The maximum atomic E-state index is 11.9. The highest BCUT2D eigenvalue weighted by molar-refractivity contribution is 7.99. The Hall–Kier alpha value is -2.86. The molecule has 0 aliphatic rings. The van der Waals surface area contributed by atoms with Gasteiger partial charge in [-0.1, -0.05) is 59.8 Å². The number of amides is 1. The minimum absolute atomic E-state index is 0.0605. The summed E-state index contributed by atoms with van der Waals surface area (Å²) in [5.74, 6) is 0.968. The molecule has 5 nitrogen and oxygen atoms in total. The van der Waals surface area contributed by atoms with Gasteiger partial charge < -0.3 is 5.32 Å². The van der Waals surface area contributed by atoms with E-state index in [4.69, 9.17) is 0 Å². The summed E-state index contributed by atoms with van der Waals surface area (Å²) >= 11 is 1.36. The molecule has 1 heterocycles. The first kappa shape index (κ1) is 17.9. The number of carbonyl (C=O) groups excluding carboxylic acids is 1. The van der Waals surface area contributed by atoms with Crippen molar-refractivity contribution in [1.29, 1.82) is 0 Å². The number of aromatic nitrogens is 3. The number of rotatable bonds is 7. The highest BCUT2D eigenvalue weighted by Gasteiger charge is 2.17. The number of thioether (sulfide) groups is 1. The van der Waals surface area contributed by atoms with Crippen LogP contribution in [0.3, 0.4) is 0 Å². The smallest absolute Gasteiger partial charge is 0.230 e. The third-order valence-corrected chi connectivity index (χ3v) is 4.63. The zero-order valence-electron chi connectivity index (χ0n) is 14.6. The molecular formula is C20H20N4OS. The minimum Gasteiger partial charge on any atom is -0.352 e. The number of aryl methyl sites for hydroxylation is 1. The molecule has 0 atom stereocenters. The van der Waals surface area contributed by atoms with Crippen LogP contribution < -0.4 is 5.32 Å². The van der Waals surface area contributed by atoms with Gasteiger partial charge in [0.05, 0.1) is 5.75 Å². The van der Waals surface area contributed by atoms with Crippen molar-refractivity contribution in [3.8, 4) is 17.1 Å². The van der Waals surface area contributed by atoms with Gasteiger partial charge in [-0.15, -0.1) is 16.8 Å². The lowest BCUT2D eigenvalue weighted by atomic mass is 10.1. The monoisotopic (exact) mass is 364 g/mol. The topological polar surface area (TPSA) is 59.8 Å². The lowest BCUT2D eigenvalue weighted by molar-refractivity contribution is -0.118. The molecular weight excluding hydrogens is 344 g/mol. The van der Waals surface area contributed by atoms with Gasteiger partial charge in [-0.05, 0) is 25.1 Å². The fourth-order valence-corrected chi connectivity index (χ4v) is 3.29. The molecule has 1 N–H and O–H groups in total. The van der Waals surface area contributed by atoms with Crippen LogP contribution in [0.4, 0.5) is 0 Å². The number of hydrogen-bond donors (Lipinski definition) is 1. The number of para-hydroxylation sites is 1. The van der Waals surface area contributed by atoms with Crippen LogP contribution in [0.2, 0.25) is 0 Å². The van der Waals surface area contributed by atoms with Crippen LogP contribution in [0.5, 0.6) is 0 Å². The Bertz CT molecular complexity index is 905. The molecule has 26 heavy (non-hydrogen) atoms. The summed E-state index contributed by atoms with van der Waals surface area (Å²) in [5, 5.41) is 12.2. The third-order valence-electron chi connectivity index (χ3n) is 3.70. The molecule has 0 aliphatic carbocycles. The van der Waals surface area contributed by atoms with Crippen molar-refractivity contribution < 1.29 is 4.79 Å². The first-order valence-corrected chi connectivity index (χ1v) is 9.26. The van der Waals surface area contributed by atoms with Crippen LogP contribution in [0.25, 0.3) is 17.1 Å². The van der Waals surface area contributed by atoms with E-state index < -0.39 is 0 Å². The largest absolute Gasteiger partial charge is 0.352 e. The van der Waals surface area contributed by atoms with Crippen LogP contribution in [0.1, 0.15) is 5.56 Å². The fraction of sp³-hybridized carbons (Fsp3) is 0.150. The summed E-state index contributed by atoms with van der Waals surface area (Å²) in [5.41, 5.74) is 3.11. The van der Waals surface area contributed by atoms with Gasteiger partial charge in [-0.25, -0.2) is 0 Å². The number of carbonyl (C=O) groups is 1. The van der Waals surface area contributed by atoms with Gasteiger partial charge in [-0.2, -0.15) is 0 Å². The van der Waals surface area contributed by atoms with E-state index in [1.54, 1.807) is 6.08 Å². The predicted molar refractivity (Wildman–Crippen MR) is 105 cm³/mol. The zero-order valence-corrected chi connectivity index (χ0v) is 15.4. The van der Waals surface area contributed by atoms with Gasteiger partial charge in [0.25, 0.3) is 0 Å². The van der Waals surface area contributed by atoms with Crippen molar-refractivity contribution in [2.75, 3.05) is 12.3 Å². The molecule has 2 aromatic carbocycles. The third kappa shape index (κ3) is 4.21. The van der Waals surface area contributed by atoms with Crippen molar-refractivity contribution >= 4 is 17.7 Å². The Morgan fingerprint density at radius 2 is 2.00 bits per heavy atom. The zero-order chi connectivity index (χ0) is 18.4. The fourth-order valence-electron chi connectivity index (χ4n) is 2.51. The lowest BCUT2D eigenvalue weighted by Crippen LogP contribution is -2.25. The molecule has 0 unspecified atom stereocenters. The van der Waals surface area contributed by atoms with Gasteiger partial charge in [0, 0.05) is 17.8 Å². The van der Waals surface area contributed by atoms with E-state index in [9.17, 15) is 4.79 Å². The van der Waals surface area contributed by atoms with Gasteiger partial charge in [-0.3, -0.25) is 9.36 Å². The maximum Gasteiger partial charge on any atom is 0.230 e. The summed E-state index contributed by atoms with van der Waals surface area (Å²) in [6, 6.07) is 18.1. The summed E-state index contributed by atoms with van der Waals surface area (Å²) in [6.45, 7) is 6.11. The Balaban J connectivity index is 1.95. The molecule has 3 aromatic rings. The van der Waals surface area contributed by atoms with Crippen LogP contribution in [-0.4, -0.2) is 33.0 Å². The van der Waals surface area contributed by atoms with Crippen LogP contribution in [0, 0.1) is 6.92 Å². The van der Waals surface area contributed by atoms with E-state index in [-0.39, 0.29) is 11.7 Å². The maximum absolute atomic E-state index is 11.9. The van der Waals surface area contributed by atoms with E-state index in [0.717, 1.165) is 22.6 Å². The quantitative estimate of drug-likeness (QED) is 0.514. The summed E-state index contributed by atoms with van der Waals surface area (Å²) in [7, 11) is 0. The van der Waals surface area contributed by atoms with Gasteiger partial charge in [0.2, 0.25) is 5.91 Å². The van der Waals surface area contributed by atoms with Crippen LogP contribution in [0.15, 0.2) is 72.4 Å². The molecule has 3 rings (SSSR count). The van der Waals surface area contributed by atoms with E-state index in [0.29, 0.717) is 11.7 Å². The molecule has 0 radical (unpaired) electrons.